The van der Waals surface area contributed by atoms with Crippen LogP contribution in [-0.2, 0) is 19.6 Å². The molecular weight excluding hydrogens is 423 g/mol. The molecule has 2 aromatic rings. The standard InChI is InChI=1S/C21H30N6O.2ClH/c1-26(17-7-3-2-4-8-17)20-19(9-5-11-23-20)21(28)24-14-16-13-18-15-22-10-6-12-27(18)25-16;;/h5,9,11,13,17,22H,2-4,6-8,10,12,14-15H2,1H3,(H,24,28);2*1H. The molecule has 2 aromatic heterocycles. The highest BCUT2D eigenvalue weighted by Crippen LogP contribution is 2.27. The Bertz CT molecular complexity index is 798. The van der Waals surface area contributed by atoms with E-state index in [4.69, 9.17) is 0 Å². The molecule has 7 nitrogen and oxygen atoms in total. The smallest absolute Gasteiger partial charge is 0.255 e. The van der Waals surface area contributed by atoms with Gasteiger partial charge in [0.25, 0.3) is 5.91 Å². The minimum atomic E-state index is -0.0907. The van der Waals surface area contributed by atoms with E-state index in [9.17, 15) is 4.79 Å². The molecule has 0 unspecified atom stereocenters. The van der Waals surface area contributed by atoms with Gasteiger partial charge in [-0.2, -0.15) is 5.10 Å². The second-order valence-electron chi connectivity index (χ2n) is 7.84. The van der Waals surface area contributed by atoms with Crippen molar-refractivity contribution in [1.29, 1.82) is 0 Å². The third kappa shape index (κ3) is 5.65. The number of anilines is 1. The molecule has 2 aliphatic rings. The zero-order valence-corrected chi connectivity index (χ0v) is 19.1. The minimum absolute atomic E-state index is 0. The fraction of sp³-hybridized carbons (Fsp3) is 0.571. The largest absolute Gasteiger partial charge is 0.356 e. The third-order valence-electron chi connectivity index (χ3n) is 5.86. The van der Waals surface area contributed by atoms with Crippen LogP contribution in [0.2, 0.25) is 0 Å². The van der Waals surface area contributed by atoms with Crippen molar-refractivity contribution in [2.24, 2.45) is 0 Å². The van der Waals surface area contributed by atoms with E-state index in [2.05, 4.69) is 38.7 Å². The molecule has 0 aromatic carbocycles. The van der Waals surface area contributed by atoms with Crippen LogP contribution >= 0.6 is 24.8 Å². The first-order valence-electron chi connectivity index (χ1n) is 10.4. The Kier molecular flexibility index (Phi) is 9.39. The molecule has 2 N–H and O–H groups in total. The summed E-state index contributed by atoms with van der Waals surface area (Å²) in [5.74, 6) is 0.684. The van der Waals surface area contributed by atoms with Crippen molar-refractivity contribution in [3.63, 3.8) is 0 Å². The maximum Gasteiger partial charge on any atom is 0.255 e. The van der Waals surface area contributed by atoms with Gasteiger partial charge in [0.05, 0.1) is 23.5 Å². The Labute approximate surface area is 190 Å². The number of aryl methyl sites for hydroxylation is 1. The van der Waals surface area contributed by atoms with E-state index in [1.165, 1.54) is 37.8 Å². The molecule has 1 amide bonds. The number of carbonyl (C=O) groups is 1. The summed E-state index contributed by atoms with van der Waals surface area (Å²) in [6, 6.07) is 6.24. The lowest BCUT2D eigenvalue weighted by Crippen LogP contribution is -2.36. The molecule has 1 aliphatic heterocycles. The Hall–Kier alpha value is -1.83. The van der Waals surface area contributed by atoms with E-state index >= 15 is 0 Å². The van der Waals surface area contributed by atoms with Gasteiger partial charge in [-0.1, -0.05) is 19.3 Å². The van der Waals surface area contributed by atoms with E-state index in [1.54, 1.807) is 6.20 Å². The number of fused-ring (bicyclic) bond motifs is 1. The van der Waals surface area contributed by atoms with Gasteiger partial charge in [0, 0.05) is 32.4 Å². The van der Waals surface area contributed by atoms with Crippen LogP contribution in [-0.4, -0.2) is 40.3 Å². The zero-order valence-electron chi connectivity index (χ0n) is 17.5. The number of rotatable bonds is 5. The zero-order chi connectivity index (χ0) is 19.3. The van der Waals surface area contributed by atoms with Gasteiger partial charge in [0.15, 0.2) is 0 Å². The summed E-state index contributed by atoms with van der Waals surface area (Å²) in [6.07, 6.45) is 9.00. The number of hydrogen-bond donors (Lipinski definition) is 2. The highest BCUT2D eigenvalue weighted by Gasteiger charge is 2.23. The number of halogens is 2. The molecule has 0 radical (unpaired) electrons. The van der Waals surface area contributed by atoms with Gasteiger partial charge in [-0.3, -0.25) is 9.48 Å². The molecular formula is C21H32Cl2N6O. The predicted octanol–water partition coefficient (Wildman–Crippen LogP) is 3.31. The van der Waals surface area contributed by atoms with Crippen molar-refractivity contribution in [2.75, 3.05) is 18.5 Å². The van der Waals surface area contributed by atoms with Gasteiger partial charge in [0.2, 0.25) is 0 Å². The van der Waals surface area contributed by atoms with Gasteiger partial charge < -0.3 is 15.5 Å². The number of nitrogens with one attached hydrogen (secondary N) is 2. The number of pyridine rings is 1. The van der Waals surface area contributed by atoms with Gasteiger partial charge in [-0.15, -0.1) is 24.8 Å². The second-order valence-corrected chi connectivity index (χ2v) is 7.84. The summed E-state index contributed by atoms with van der Waals surface area (Å²) in [6.45, 7) is 3.21. The number of carbonyl (C=O) groups excluding carboxylic acids is 1. The first kappa shape index (κ1) is 24.4. The highest BCUT2D eigenvalue weighted by molar-refractivity contribution is 5.98. The van der Waals surface area contributed by atoms with Crippen LogP contribution in [0.4, 0.5) is 5.82 Å². The van der Waals surface area contributed by atoms with Crippen molar-refractivity contribution in [3.05, 3.63) is 41.3 Å². The Morgan fingerprint density at radius 3 is 2.87 bits per heavy atom. The first-order chi connectivity index (χ1) is 13.7. The average Bonchev–Trinajstić information content (AvgIpc) is 3.01. The Morgan fingerprint density at radius 2 is 2.07 bits per heavy atom. The molecule has 4 rings (SSSR count). The topological polar surface area (TPSA) is 75.1 Å². The molecule has 0 spiro atoms. The van der Waals surface area contributed by atoms with Crippen LogP contribution in [0.15, 0.2) is 24.4 Å². The lowest BCUT2D eigenvalue weighted by Gasteiger charge is -2.33. The maximum atomic E-state index is 12.9. The normalized spacial score (nSPS) is 16.4. The number of aromatic nitrogens is 3. The van der Waals surface area contributed by atoms with Gasteiger partial charge in [0.1, 0.15) is 5.82 Å². The third-order valence-corrected chi connectivity index (χ3v) is 5.86. The number of hydrogen-bond acceptors (Lipinski definition) is 5. The summed E-state index contributed by atoms with van der Waals surface area (Å²) in [5.41, 5.74) is 2.72. The summed E-state index contributed by atoms with van der Waals surface area (Å²) >= 11 is 0. The van der Waals surface area contributed by atoms with Gasteiger partial charge in [-0.25, -0.2) is 4.98 Å². The maximum absolute atomic E-state index is 12.9. The minimum Gasteiger partial charge on any atom is -0.356 e. The fourth-order valence-electron chi connectivity index (χ4n) is 4.27. The van der Waals surface area contributed by atoms with Crippen molar-refractivity contribution in [3.8, 4) is 0 Å². The molecule has 30 heavy (non-hydrogen) atoms. The summed E-state index contributed by atoms with van der Waals surface area (Å²) in [7, 11) is 2.06. The highest BCUT2D eigenvalue weighted by atomic mass is 35.5. The van der Waals surface area contributed by atoms with Crippen LogP contribution in [0.3, 0.4) is 0 Å². The monoisotopic (exact) mass is 454 g/mol. The van der Waals surface area contributed by atoms with E-state index in [-0.39, 0.29) is 30.7 Å². The molecule has 166 valence electrons. The molecule has 3 heterocycles. The van der Waals surface area contributed by atoms with E-state index in [0.717, 1.165) is 37.6 Å². The fourth-order valence-corrected chi connectivity index (χ4v) is 4.27. The first-order valence-corrected chi connectivity index (χ1v) is 10.4. The molecule has 9 heteroatoms. The quantitative estimate of drug-likeness (QED) is 0.724. The Balaban J connectivity index is 0.00000160. The van der Waals surface area contributed by atoms with E-state index in [1.807, 2.05) is 16.8 Å². The summed E-state index contributed by atoms with van der Waals surface area (Å²) in [5, 5.41) is 11.1. The van der Waals surface area contributed by atoms with Crippen LogP contribution in [0.1, 0.15) is 60.3 Å². The van der Waals surface area contributed by atoms with Crippen molar-refractivity contribution >= 4 is 36.5 Å². The van der Waals surface area contributed by atoms with Crippen LogP contribution in [0.25, 0.3) is 0 Å². The van der Waals surface area contributed by atoms with Crippen LogP contribution in [0.5, 0.6) is 0 Å². The van der Waals surface area contributed by atoms with Crippen molar-refractivity contribution in [1.82, 2.24) is 25.4 Å². The van der Waals surface area contributed by atoms with Crippen molar-refractivity contribution in [2.45, 2.75) is 64.2 Å². The van der Waals surface area contributed by atoms with Gasteiger partial charge >= 0.3 is 0 Å². The molecule has 0 atom stereocenters. The second kappa shape index (κ2) is 11.5. The summed E-state index contributed by atoms with van der Waals surface area (Å²) < 4.78 is 2.05. The van der Waals surface area contributed by atoms with E-state index < -0.39 is 0 Å². The van der Waals surface area contributed by atoms with Crippen molar-refractivity contribution < 1.29 is 4.79 Å². The summed E-state index contributed by atoms with van der Waals surface area (Å²) in [4.78, 5) is 19.6. The van der Waals surface area contributed by atoms with Crippen LogP contribution in [0, 0.1) is 0 Å². The predicted molar refractivity (Wildman–Crippen MR) is 124 cm³/mol. The SMILES string of the molecule is CN(c1ncccc1C(=O)NCc1cc2n(n1)CCCNC2)C1CCCCC1.Cl.Cl. The molecule has 0 saturated heterocycles. The molecule has 1 saturated carbocycles. The lowest BCUT2D eigenvalue weighted by atomic mass is 9.94. The Morgan fingerprint density at radius 1 is 1.27 bits per heavy atom. The average molecular weight is 455 g/mol. The molecule has 1 aliphatic carbocycles. The lowest BCUT2D eigenvalue weighted by molar-refractivity contribution is 0.0950. The van der Waals surface area contributed by atoms with Crippen LogP contribution < -0.4 is 15.5 Å². The molecule has 1 fully saturated rings. The molecule has 0 bridgehead atoms. The number of nitrogens with zero attached hydrogens (tertiary/aromatic N) is 4. The van der Waals surface area contributed by atoms with E-state index in [0.29, 0.717) is 18.2 Å². The van der Waals surface area contributed by atoms with Gasteiger partial charge in [-0.05, 0) is 44.0 Å². The number of amides is 1.